The molecule has 1 saturated heterocycles. The van der Waals surface area contributed by atoms with Crippen molar-refractivity contribution in [2.45, 2.75) is 33.7 Å². The van der Waals surface area contributed by atoms with Crippen molar-refractivity contribution in [1.29, 1.82) is 0 Å². The predicted molar refractivity (Wildman–Crippen MR) is 115 cm³/mol. The van der Waals surface area contributed by atoms with Crippen molar-refractivity contribution in [3.05, 3.63) is 53.1 Å². The van der Waals surface area contributed by atoms with E-state index < -0.39 is 0 Å². The molecule has 0 spiro atoms. The van der Waals surface area contributed by atoms with Gasteiger partial charge < -0.3 is 19.9 Å². The quantitative estimate of drug-likeness (QED) is 0.835. The molecule has 1 atom stereocenters. The van der Waals surface area contributed by atoms with E-state index in [-0.39, 0.29) is 11.9 Å². The van der Waals surface area contributed by atoms with Gasteiger partial charge in [-0.1, -0.05) is 23.8 Å². The highest BCUT2D eigenvalue weighted by atomic mass is 16.5. The highest BCUT2D eigenvalue weighted by Gasteiger charge is 2.29. The molecule has 150 valence electrons. The van der Waals surface area contributed by atoms with Crippen LogP contribution in [0.5, 0.6) is 5.75 Å². The van der Waals surface area contributed by atoms with Gasteiger partial charge in [-0.15, -0.1) is 0 Å². The van der Waals surface area contributed by atoms with Gasteiger partial charge in [0, 0.05) is 17.4 Å². The maximum atomic E-state index is 12.9. The Morgan fingerprint density at radius 3 is 2.36 bits per heavy atom. The van der Waals surface area contributed by atoms with Crippen molar-refractivity contribution >= 4 is 17.3 Å². The molecule has 2 N–H and O–H groups in total. The average Bonchev–Trinajstić information content (AvgIpc) is 2.70. The van der Waals surface area contributed by atoms with Crippen LogP contribution in [0.2, 0.25) is 0 Å². The second kappa shape index (κ2) is 8.65. The standard InChI is InChI=1S/C23H31N3O2/c1-16-13-17(2)22(18(3)14-16)24-23(27)19(4)25-9-11-26(12-10-25)20-7-6-8-21(15-20)28-5/h6-8,13-15,19H,9-12H2,1-5H3,(H,24,27)/p+1/t19-/m1/s1. The van der Waals surface area contributed by atoms with Crippen molar-refractivity contribution in [3.63, 3.8) is 0 Å². The van der Waals surface area contributed by atoms with Crippen LogP contribution in [0.15, 0.2) is 36.4 Å². The Morgan fingerprint density at radius 1 is 1.11 bits per heavy atom. The fourth-order valence-corrected chi connectivity index (χ4v) is 4.09. The molecule has 1 fully saturated rings. The summed E-state index contributed by atoms with van der Waals surface area (Å²) >= 11 is 0. The maximum Gasteiger partial charge on any atom is 0.282 e. The van der Waals surface area contributed by atoms with Crippen molar-refractivity contribution in [2.24, 2.45) is 0 Å². The molecular formula is C23H32N3O2+. The summed E-state index contributed by atoms with van der Waals surface area (Å²) < 4.78 is 5.33. The first-order chi connectivity index (χ1) is 13.4. The number of quaternary nitrogens is 1. The highest BCUT2D eigenvalue weighted by molar-refractivity contribution is 5.95. The van der Waals surface area contributed by atoms with Crippen LogP contribution in [0, 0.1) is 20.8 Å². The molecule has 1 amide bonds. The predicted octanol–water partition coefficient (Wildman–Crippen LogP) is 2.35. The first-order valence-electron chi connectivity index (χ1n) is 10.0. The van der Waals surface area contributed by atoms with Crippen LogP contribution < -0.4 is 19.9 Å². The number of anilines is 2. The zero-order valence-corrected chi connectivity index (χ0v) is 17.6. The normalized spacial score (nSPS) is 16.0. The average molecular weight is 383 g/mol. The zero-order valence-electron chi connectivity index (χ0n) is 17.6. The second-order valence-electron chi connectivity index (χ2n) is 7.83. The number of nitrogens with zero attached hydrogens (tertiary/aromatic N) is 1. The van der Waals surface area contributed by atoms with Crippen molar-refractivity contribution in [2.75, 3.05) is 43.5 Å². The number of nitrogens with one attached hydrogen (secondary N) is 2. The van der Waals surface area contributed by atoms with Crippen LogP contribution in [-0.4, -0.2) is 45.2 Å². The molecule has 0 bridgehead atoms. The Morgan fingerprint density at radius 2 is 1.75 bits per heavy atom. The van der Waals surface area contributed by atoms with E-state index in [0.717, 1.165) is 48.7 Å². The minimum absolute atomic E-state index is 0.0763. The molecule has 0 saturated carbocycles. The molecule has 5 nitrogen and oxygen atoms in total. The van der Waals surface area contributed by atoms with E-state index in [1.165, 1.54) is 16.2 Å². The molecule has 28 heavy (non-hydrogen) atoms. The number of carbonyl (C=O) groups is 1. The fraction of sp³-hybridized carbons (Fsp3) is 0.435. The van der Waals surface area contributed by atoms with Gasteiger partial charge in [-0.25, -0.2) is 0 Å². The molecule has 2 aromatic rings. The first-order valence-corrected chi connectivity index (χ1v) is 10.0. The number of piperazine rings is 1. The molecule has 0 aliphatic carbocycles. The summed E-state index contributed by atoms with van der Waals surface area (Å²) in [5.74, 6) is 0.976. The smallest absolute Gasteiger partial charge is 0.282 e. The number of carbonyl (C=O) groups excluding carboxylic acids is 1. The number of rotatable bonds is 5. The summed E-state index contributed by atoms with van der Waals surface area (Å²) in [6, 6.07) is 12.3. The summed E-state index contributed by atoms with van der Waals surface area (Å²) in [5.41, 5.74) is 5.60. The summed E-state index contributed by atoms with van der Waals surface area (Å²) in [7, 11) is 1.69. The minimum Gasteiger partial charge on any atom is -0.497 e. The molecule has 0 unspecified atom stereocenters. The SMILES string of the molecule is COc1cccc(N2CC[NH+]([C@H](C)C(=O)Nc3c(C)cc(C)cc3C)CC2)c1. The van der Waals surface area contributed by atoms with Crippen LogP contribution in [-0.2, 0) is 4.79 Å². The zero-order chi connectivity index (χ0) is 20.3. The van der Waals surface area contributed by atoms with E-state index >= 15 is 0 Å². The fourth-order valence-electron chi connectivity index (χ4n) is 4.09. The third-order valence-electron chi connectivity index (χ3n) is 5.76. The summed E-state index contributed by atoms with van der Waals surface area (Å²) in [4.78, 5) is 16.6. The van der Waals surface area contributed by atoms with Crippen molar-refractivity contribution in [1.82, 2.24) is 0 Å². The summed E-state index contributed by atoms with van der Waals surface area (Å²) in [6.45, 7) is 12.0. The summed E-state index contributed by atoms with van der Waals surface area (Å²) in [6.07, 6.45) is 0. The van der Waals surface area contributed by atoms with Crippen LogP contribution >= 0.6 is 0 Å². The molecule has 0 aromatic heterocycles. The number of hydrogen-bond acceptors (Lipinski definition) is 3. The minimum atomic E-state index is -0.0763. The maximum absolute atomic E-state index is 12.9. The lowest BCUT2D eigenvalue weighted by Crippen LogP contribution is -3.19. The van der Waals surface area contributed by atoms with E-state index in [1.807, 2.05) is 19.1 Å². The molecule has 3 rings (SSSR count). The van der Waals surface area contributed by atoms with Crippen molar-refractivity contribution in [3.8, 4) is 5.75 Å². The highest BCUT2D eigenvalue weighted by Crippen LogP contribution is 2.22. The Kier molecular flexibility index (Phi) is 6.25. The van der Waals surface area contributed by atoms with Gasteiger partial charge in [0.2, 0.25) is 0 Å². The largest absolute Gasteiger partial charge is 0.497 e. The van der Waals surface area contributed by atoms with E-state index in [9.17, 15) is 4.79 Å². The van der Waals surface area contributed by atoms with Gasteiger partial charge in [0.1, 0.15) is 5.75 Å². The number of benzene rings is 2. The molecular weight excluding hydrogens is 350 g/mol. The van der Waals surface area contributed by atoms with E-state index in [1.54, 1.807) is 7.11 Å². The Hall–Kier alpha value is -2.53. The van der Waals surface area contributed by atoms with Crippen molar-refractivity contribution < 1.29 is 14.4 Å². The third kappa shape index (κ3) is 4.47. The molecule has 1 heterocycles. The Bertz CT molecular complexity index is 818. The van der Waals surface area contributed by atoms with Gasteiger partial charge in [0.25, 0.3) is 5.91 Å². The lowest BCUT2D eigenvalue weighted by atomic mass is 10.0. The lowest BCUT2D eigenvalue weighted by molar-refractivity contribution is -0.914. The van der Waals surface area contributed by atoms with Gasteiger partial charge >= 0.3 is 0 Å². The molecule has 2 aromatic carbocycles. The van der Waals surface area contributed by atoms with Crippen LogP contribution in [0.1, 0.15) is 23.6 Å². The van der Waals surface area contributed by atoms with Crippen LogP contribution in [0.25, 0.3) is 0 Å². The van der Waals surface area contributed by atoms with Crippen LogP contribution in [0.4, 0.5) is 11.4 Å². The Balaban J connectivity index is 1.60. The summed E-state index contributed by atoms with van der Waals surface area (Å²) in [5, 5.41) is 3.17. The van der Waals surface area contributed by atoms with Gasteiger partial charge in [-0.05, 0) is 51.0 Å². The van der Waals surface area contributed by atoms with Gasteiger partial charge in [0.05, 0.1) is 33.3 Å². The molecule has 1 aliphatic rings. The number of hydrogen-bond donors (Lipinski definition) is 2. The van der Waals surface area contributed by atoms with Gasteiger partial charge in [0.15, 0.2) is 6.04 Å². The topological polar surface area (TPSA) is 46.0 Å². The lowest BCUT2D eigenvalue weighted by Gasteiger charge is -2.36. The second-order valence-corrected chi connectivity index (χ2v) is 7.83. The molecule has 5 heteroatoms. The third-order valence-corrected chi connectivity index (χ3v) is 5.76. The number of aryl methyl sites for hydroxylation is 3. The first kappa shape index (κ1) is 20.2. The number of amides is 1. The Labute approximate surface area is 168 Å². The van der Waals surface area contributed by atoms with Crippen LogP contribution in [0.3, 0.4) is 0 Å². The van der Waals surface area contributed by atoms with Gasteiger partial charge in [-0.3, -0.25) is 4.79 Å². The molecule has 0 radical (unpaired) electrons. The van der Waals surface area contributed by atoms with E-state index in [4.69, 9.17) is 4.74 Å². The number of ether oxygens (including phenoxy) is 1. The van der Waals surface area contributed by atoms with Gasteiger partial charge in [-0.2, -0.15) is 0 Å². The number of methoxy groups -OCH3 is 1. The van der Waals surface area contributed by atoms with E-state index in [2.05, 4.69) is 55.3 Å². The van der Waals surface area contributed by atoms with E-state index in [0.29, 0.717) is 0 Å². The molecule has 1 aliphatic heterocycles. The monoisotopic (exact) mass is 382 g/mol.